The smallest absolute Gasteiger partial charge is 0.338 e. The molecule has 0 aliphatic rings. The Hall–Kier alpha value is -1.79. The van der Waals surface area contributed by atoms with E-state index >= 15 is 0 Å². The fourth-order valence-electron chi connectivity index (χ4n) is 1.77. The van der Waals surface area contributed by atoms with Gasteiger partial charge in [-0.05, 0) is 31.5 Å². The highest BCUT2D eigenvalue weighted by Gasteiger charge is 2.12. The van der Waals surface area contributed by atoms with E-state index in [9.17, 15) is 9.18 Å². The van der Waals surface area contributed by atoms with E-state index in [4.69, 9.17) is 5.11 Å². The van der Waals surface area contributed by atoms with Crippen LogP contribution in [0.1, 0.15) is 39.6 Å². The molecule has 4 nitrogen and oxygen atoms in total. The Morgan fingerprint density at radius 2 is 2.30 bits per heavy atom. The second kappa shape index (κ2) is 6.11. The molecule has 20 heavy (non-hydrogen) atoms. The monoisotopic (exact) mass is 294 g/mol. The topological polar surface area (TPSA) is 62.2 Å². The number of aryl methyl sites for hydroxylation is 1. The van der Waals surface area contributed by atoms with Gasteiger partial charge in [0.2, 0.25) is 0 Å². The van der Waals surface area contributed by atoms with Crippen LogP contribution in [0.3, 0.4) is 0 Å². The standard InChI is InChI=1S/C14H15FN2O2S/c1-8-7-20-13(17-8)9(2)16-6-10-3-4-11(14(18)19)12(15)5-10/h3-5,7,9,16H,6H2,1-2H3,(H,18,19). The summed E-state index contributed by atoms with van der Waals surface area (Å²) in [6, 6.07) is 4.21. The number of carboxylic acids is 1. The molecule has 0 spiro atoms. The fraction of sp³-hybridized carbons (Fsp3) is 0.286. The molecular formula is C14H15FN2O2S. The fourth-order valence-corrected chi connectivity index (χ4v) is 2.60. The predicted octanol–water partition coefficient (Wildman–Crippen LogP) is 3.14. The molecule has 0 amide bonds. The van der Waals surface area contributed by atoms with Crippen LogP contribution in [0.5, 0.6) is 0 Å². The maximum Gasteiger partial charge on any atom is 0.338 e. The zero-order chi connectivity index (χ0) is 14.7. The van der Waals surface area contributed by atoms with Crippen LogP contribution in [0, 0.1) is 12.7 Å². The third-order valence-corrected chi connectivity index (χ3v) is 4.03. The van der Waals surface area contributed by atoms with Crippen molar-refractivity contribution in [3.63, 3.8) is 0 Å². The molecule has 0 saturated heterocycles. The summed E-state index contributed by atoms with van der Waals surface area (Å²) in [6.07, 6.45) is 0. The number of nitrogens with zero attached hydrogens (tertiary/aromatic N) is 1. The first-order chi connectivity index (χ1) is 9.47. The molecule has 1 aromatic heterocycles. The number of carboxylic acid groups (broad SMARTS) is 1. The molecule has 2 rings (SSSR count). The van der Waals surface area contributed by atoms with Gasteiger partial charge in [0.1, 0.15) is 10.8 Å². The summed E-state index contributed by atoms with van der Waals surface area (Å²) in [5.41, 5.74) is 1.38. The van der Waals surface area contributed by atoms with E-state index in [2.05, 4.69) is 10.3 Å². The molecule has 0 radical (unpaired) electrons. The molecule has 0 fully saturated rings. The Bertz CT molecular complexity index is 627. The SMILES string of the molecule is Cc1csc(C(C)NCc2ccc(C(=O)O)c(F)c2)n1. The lowest BCUT2D eigenvalue weighted by Crippen LogP contribution is -2.18. The maximum absolute atomic E-state index is 13.5. The van der Waals surface area contributed by atoms with Crippen LogP contribution in [0.25, 0.3) is 0 Å². The first kappa shape index (κ1) is 14.6. The minimum absolute atomic E-state index is 0.0657. The lowest BCUT2D eigenvalue weighted by molar-refractivity contribution is 0.0692. The van der Waals surface area contributed by atoms with Crippen molar-refractivity contribution >= 4 is 17.3 Å². The number of halogens is 1. The van der Waals surface area contributed by atoms with Gasteiger partial charge in [-0.1, -0.05) is 6.07 Å². The molecule has 1 aromatic carbocycles. The van der Waals surface area contributed by atoms with Crippen molar-refractivity contribution in [2.24, 2.45) is 0 Å². The molecule has 106 valence electrons. The third kappa shape index (κ3) is 3.40. The van der Waals surface area contributed by atoms with Gasteiger partial charge in [-0.15, -0.1) is 11.3 Å². The molecule has 2 N–H and O–H groups in total. The predicted molar refractivity (Wildman–Crippen MR) is 75.5 cm³/mol. The second-order valence-corrected chi connectivity index (χ2v) is 5.44. The van der Waals surface area contributed by atoms with Crippen LogP contribution in [0.2, 0.25) is 0 Å². The number of thiazole rings is 1. The Morgan fingerprint density at radius 3 is 2.85 bits per heavy atom. The Morgan fingerprint density at radius 1 is 1.55 bits per heavy atom. The van der Waals surface area contributed by atoms with Gasteiger partial charge in [-0.25, -0.2) is 14.2 Å². The molecule has 1 atom stereocenters. The van der Waals surface area contributed by atoms with Crippen LogP contribution < -0.4 is 5.32 Å². The Balaban J connectivity index is 2.00. The minimum atomic E-state index is -1.26. The lowest BCUT2D eigenvalue weighted by atomic mass is 10.1. The number of hydrogen-bond donors (Lipinski definition) is 2. The zero-order valence-corrected chi connectivity index (χ0v) is 12.0. The van der Waals surface area contributed by atoms with Crippen molar-refractivity contribution < 1.29 is 14.3 Å². The first-order valence-corrected chi connectivity index (χ1v) is 7.02. The van der Waals surface area contributed by atoms with Crippen molar-refractivity contribution in [1.82, 2.24) is 10.3 Å². The van der Waals surface area contributed by atoms with E-state index in [-0.39, 0.29) is 11.6 Å². The van der Waals surface area contributed by atoms with E-state index in [0.717, 1.165) is 10.7 Å². The number of carbonyl (C=O) groups is 1. The number of nitrogens with one attached hydrogen (secondary N) is 1. The Kier molecular flexibility index (Phi) is 4.46. The average molecular weight is 294 g/mol. The van der Waals surface area contributed by atoms with Gasteiger partial charge in [-0.3, -0.25) is 0 Å². The molecule has 6 heteroatoms. The van der Waals surface area contributed by atoms with E-state index in [1.807, 2.05) is 19.2 Å². The number of aromatic nitrogens is 1. The van der Waals surface area contributed by atoms with Gasteiger partial charge in [0, 0.05) is 17.6 Å². The van der Waals surface area contributed by atoms with Gasteiger partial charge in [-0.2, -0.15) is 0 Å². The Labute approximate surface area is 120 Å². The first-order valence-electron chi connectivity index (χ1n) is 6.14. The summed E-state index contributed by atoms with van der Waals surface area (Å²) in [5, 5.41) is 15.0. The summed E-state index contributed by atoms with van der Waals surface area (Å²) >= 11 is 1.58. The molecular weight excluding hydrogens is 279 g/mol. The summed E-state index contributed by atoms with van der Waals surface area (Å²) in [4.78, 5) is 15.1. The van der Waals surface area contributed by atoms with Crippen molar-refractivity contribution in [3.05, 3.63) is 51.2 Å². The van der Waals surface area contributed by atoms with Gasteiger partial charge in [0.25, 0.3) is 0 Å². The van der Waals surface area contributed by atoms with E-state index in [1.165, 1.54) is 12.1 Å². The number of benzene rings is 1. The van der Waals surface area contributed by atoms with Crippen molar-refractivity contribution in [1.29, 1.82) is 0 Å². The molecule has 0 aliphatic carbocycles. The minimum Gasteiger partial charge on any atom is -0.478 e. The van der Waals surface area contributed by atoms with Gasteiger partial charge < -0.3 is 10.4 Å². The maximum atomic E-state index is 13.5. The number of rotatable bonds is 5. The van der Waals surface area contributed by atoms with Gasteiger partial charge in [0.05, 0.1) is 11.6 Å². The summed E-state index contributed by atoms with van der Waals surface area (Å²) in [5.74, 6) is -1.97. The van der Waals surface area contributed by atoms with Crippen molar-refractivity contribution in [2.75, 3.05) is 0 Å². The summed E-state index contributed by atoms with van der Waals surface area (Å²) < 4.78 is 13.5. The molecule has 1 heterocycles. The van der Waals surface area contributed by atoms with Gasteiger partial charge >= 0.3 is 5.97 Å². The third-order valence-electron chi connectivity index (χ3n) is 2.88. The van der Waals surface area contributed by atoms with Crippen molar-refractivity contribution in [3.8, 4) is 0 Å². The highest BCUT2D eigenvalue weighted by molar-refractivity contribution is 7.09. The van der Waals surface area contributed by atoms with Crippen molar-refractivity contribution in [2.45, 2.75) is 26.4 Å². The molecule has 0 bridgehead atoms. The lowest BCUT2D eigenvalue weighted by Gasteiger charge is -2.11. The van der Waals surface area contributed by atoms with Crippen LogP contribution in [-0.4, -0.2) is 16.1 Å². The highest BCUT2D eigenvalue weighted by Crippen LogP contribution is 2.18. The van der Waals surface area contributed by atoms with Gasteiger partial charge in [0.15, 0.2) is 0 Å². The quantitative estimate of drug-likeness (QED) is 0.889. The van der Waals surface area contributed by atoms with E-state index in [1.54, 1.807) is 17.4 Å². The summed E-state index contributed by atoms with van der Waals surface area (Å²) in [7, 11) is 0. The van der Waals surface area contributed by atoms with Crippen LogP contribution in [0.4, 0.5) is 4.39 Å². The average Bonchev–Trinajstić information content (AvgIpc) is 2.82. The highest BCUT2D eigenvalue weighted by atomic mass is 32.1. The van der Waals surface area contributed by atoms with Crippen LogP contribution >= 0.6 is 11.3 Å². The van der Waals surface area contributed by atoms with E-state index < -0.39 is 11.8 Å². The normalized spacial score (nSPS) is 12.3. The molecule has 0 saturated carbocycles. The molecule has 0 aliphatic heterocycles. The van der Waals surface area contributed by atoms with Crippen LogP contribution in [0.15, 0.2) is 23.6 Å². The zero-order valence-electron chi connectivity index (χ0n) is 11.2. The molecule has 2 aromatic rings. The molecule has 1 unspecified atom stereocenters. The summed E-state index contributed by atoms with van der Waals surface area (Å²) in [6.45, 7) is 4.38. The number of aromatic carboxylic acids is 1. The second-order valence-electron chi connectivity index (χ2n) is 4.55. The van der Waals surface area contributed by atoms with Crippen LogP contribution in [-0.2, 0) is 6.54 Å². The van der Waals surface area contributed by atoms with E-state index in [0.29, 0.717) is 12.1 Å². The largest absolute Gasteiger partial charge is 0.478 e. The number of hydrogen-bond acceptors (Lipinski definition) is 4.